The standard InChI is InChI=1S/C23H33N3S2/c1-13-20(5-15-3-16(6-20)10-22(13,27)9-15)25-19(24)26-21-7-17-4-18(8-21)12-23(28,11-17)14(21)2/h15-18,27-28H,1-12H2,(H3,24,25,26). The Balaban J connectivity index is 1.25. The highest BCUT2D eigenvalue weighted by atomic mass is 32.1. The molecule has 28 heavy (non-hydrogen) atoms. The van der Waals surface area contributed by atoms with Crippen LogP contribution in [0.2, 0.25) is 0 Å². The van der Waals surface area contributed by atoms with Crippen molar-refractivity contribution in [1.82, 2.24) is 10.6 Å². The molecule has 8 aliphatic carbocycles. The lowest BCUT2D eigenvalue weighted by molar-refractivity contribution is 0.0481. The second-order valence-electron chi connectivity index (χ2n) is 11.4. The molecule has 0 saturated heterocycles. The van der Waals surface area contributed by atoms with Crippen LogP contribution >= 0.6 is 25.3 Å². The fraction of sp³-hybridized carbons (Fsp3) is 0.783. The van der Waals surface area contributed by atoms with Gasteiger partial charge in [0, 0.05) is 9.49 Å². The molecule has 0 amide bonds. The summed E-state index contributed by atoms with van der Waals surface area (Å²) in [5, 5.41) is 16.2. The van der Waals surface area contributed by atoms with E-state index >= 15 is 0 Å². The first kappa shape index (κ1) is 18.2. The lowest BCUT2D eigenvalue weighted by atomic mass is 9.50. The zero-order valence-electron chi connectivity index (χ0n) is 16.7. The average molecular weight is 416 g/mol. The molecule has 5 heteroatoms. The average Bonchev–Trinajstić information content (AvgIpc) is 2.55. The van der Waals surface area contributed by atoms with Gasteiger partial charge >= 0.3 is 0 Å². The molecule has 0 aromatic rings. The van der Waals surface area contributed by atoms with Crippen LogP contribution in [-0.4, -0.2) is 26.5 Å². The predicted octanol–water partition coefficient (Wildman–Crippen LogP) is 4.47. The molecule has 8 rings (SSSR count). The molecular weight excluding hydrogens is 382 g/mol. The van der Waals surface area contributed by atoms with Crippen molar-refractivity contribution in [3.8, 4) is 0 Å². The lowest BCUT2D eigenvalue weighted by Crippen LogP contribution is -2.70. The molecule has 8 fully saturated rings. The Labute approximate surface area is 179 Å². The summed E-state index contributed by atoms with van der Waals surface area (Å²) in [7, 11) is 0. The van der Waals surface area contributed by atoms with Gasteiger partial charge in [0.2, 0.25) is 0 Å². The second-order valence-corrected chi connectivity index (χ2v) is 13.1. The summed E-state index contributed by atoms with van der Waals surface area (Å²) in [6.45, 7) is 9.02. The van der Waals surface area contributed by atoms with E-state index in [1.807, 2.05) is 0 Å². The highest BCUT2D eigenvalue weighted by molar-refractivity contribution is 7.82. The zero-order valence-corrected chi connectivity index (χ0v) is 18.5. The highest BCUT2D eigenvalue weighted by Crippen LogP contribution is 2.63. The Kier molecular flexibility index (Phi) is 3.50. The molecule has 0 radical (unpaired) electrons. The third-order valence-electron chi connectivity index (χ3n) is 9.39. The first-order valence-corrected chi connectivity index (χ1v) is 12.0. The minimum atomic E-state index is -0.141. The van der Waals surface area contributed by atoms with E-state index in [0.717, 1.165) is 49.4 Å². The van der Waals surface area contributed by atoms with Crippen LogP contribution in [0.1, 0.15) is 64.2 Å². The van der Waals surface area contributed by atoms with Gasteiger partial charge in [-0.25, -0.2) is 0 Å². The molecule has 4 unspecified atom stereocenters. The first-order valence-electron chi connectivity index (χ1n) is 11.1. The zero-order chi connectivity index (χ0) is 19.5. The van der Waals surface area contributed by atoms with Crippen LogP contribution in [0.5, 0.6) is 0 Å². The van der Waals surface area contributed by atoms with E-state index in [9.17, 15) is 0 Å². The van der Waals surface area contributed by atoms with Crippen LogP contribution in [0.25, 0.3) is 0 Å². The van der Waals surface area contributed by atoms with Gasteiger partial charge in [0.15, 0.2) is 5.96 Å². The number of rotatable bonds is 2. The lowest BCUT2D eigenvalue weighted by Gasteiger charge is -2.64. The van der Waals surface area contributed by atoms with Crippen LogP contribution in [0, 0.1) is 29.1 Å². The summed E-state index contributed by atoms with van der Waals surface area (Å²) in [5.41, 5.74) is 2.19. The normalized spacial score (nSPS) is 55.6. The molecule has 3 N–H and O–H groups in total. The van der Waals surface area contributed by atoms with Gasteiger partial charge in [-0.1, -0.05) is 13.2 Å². The van der Waals surface area contributed by atoms with Gasteiger partial charge < -0.3 is 10.6 Å². The first-order chi connectivity index (χ1) is 13.1. The Hall–Kier alpha value is -0.550. The van der Waals surface area contributed by atoms with E-state index in [1.54, 1.807) is 0 Å². The Bertz CT molecular complexity index is 710. The maximum absolute atomic E-state index is 8.91. The van der Waals surface area contributed by atoms with E-state index in [4.69, 9.17) is 30.7 Å². The number of hydrogen-bond acceptors (Lipinski definition) is 3. The van der Waals surface area contributed by atoms with Crippen molar-refractivity contribution >= 4 is 31.2 Å². The van der Waals surface area contributed by atoms with Gasteiger partial charge in [-0.3, -0.25) is 5.41 Å². The molecule has 152 valence electrons. The van der Waals surface area contributed by atoms with E-state index in [2.05, 4.69) is 23.8 Å². The smallest absolute Gasteiger partial charge is 0.189 e. The van der Waals surface area contributed by atoms with Crippen LogP contribution in [0.15, 0.2) is 24.3 Å². The Morgan fingerprint density at radius 3 is 1.36 bits per heavy atom. The van der Waals surface area contributed by atoms with Gasteiger partial charge in [0.05, 0.1) is 11.1 Å². The third kappa shape index (κ3) is 2.29. The molecule has 0 aliphatic heterocycles. The quantitative estimate of drug-likeness (QED) is 0.200. The molecule has 8 saturated carbocycles. The SMILES string of the molecule is C=C1C2(S)CC3CC(C2)CC1(NC(=N)NC12CC4CC(CC(S)(C4)C1=C)C2)C3. The molecule has 8 bridgehead atoms. The van der Waals surface area contributed by atoms with Crippen LogP contribution in [0.3, 0.4) is 0 Å². The predicted molar refractivity (Wildman–Crippen MR) is 121 cm³/mol. The third-order valence-corrected chi connectivity index (χ3v) is 10.7. The van der Waals surface area contributed by atoms with Crippen molar-refractivity contribution in [3.05, 3.63) is 24.3 Å². The Morgan fingerprint density at radius 2 is 1.04 bits per heavy atom. The monoisotopic (exact) mass is 415 g/mol. The van der Waals surface area contributed by atoms with E-state index in [1.165, 1.54) is 49.7 Å². The molecular formula is C23H33N3S2. The van der Waals surface area contributed by atoms with Gasteiger partial charge in [-0.15, -0.1) is 0 Å². The second kappa shape index (κ2) is 5.38. The maximum atomic E-state index is 8.91. The molecule has 3 nitrogen and oxygen atoms in total. The van der Waals surface area contributed by atoms with Crippen molar-refractivity contribution in [2.24, 2.45) is 23.7 Å². The number of guanidine groups is 1. The van der Waals surface area contributed by atoms with Gasteiger partial charge in [0.1, 0.15) is 0 Å². The fourth-order valence-electron chi connectivity index (χ4n) is 8.85. The summed E-state index contributed by atoms with van der Waals surface area (Å²) in [6, 6.07) is 0. The van der Waals surface area contributed by atoms with Crippen molar-refractivity contribution in [1.29, 1.82) is 5.41 Å². The van der Waals surface area contributed by atoms with Crippen molar-refractivity contribution < 1.29 is 0 Å². The molecule has 4 atom stereocenters. The van der Waals surface area contributed by atoms with Crippen LogP contribution in [-0.2, 0) is 0 Å². The molecule has 0 spiro atoms. The van der Waals surface area contributed by atoms with Crippen molar-refractivity contribution in [3.63, 3.8) is 0 Å². The summed E-state index contributed by atoms with van der Waals surface area (Å²) < 4.78 is -0.0619. The Morgan fingerprint density at radius 1 is 0.714 bits per heavy atom. The van der Waals surface area contributed by atoms with E-state index < -0.39 is 0 Å². The summed E-state index contributed by atoms with van der Waals surface area (Å²) in [6.07, 6.45) is 11.8. The largest absolute Gasteiger partial charge is 0.347 e. The minimum Gasteiger partial charge on any atom is -0.347 e. The van der Waals surface area contributed by atoms with E-state index in [-0.39, 0.29) is 20.6 Å². The fourth-order valence-corrected chi connectivity index (χ4v) is 10.3. The van der Waals surface area contributed by atoms with Crippen molar-refractivity contribution in [2.45, 2.75) is 84.8 Å². The topological polar surface area (TPSA) is 47.9 Å². The molecule has 0 aromatic heterocycles. The van der Waals surface area contributed by atoms with Crippen LogP contribution in [0.4, 0.5) is 0 Å². The summed E-state index contributed by atoms with van der Waals surface area (Å²) in [5.74, 6) is 3.38. The summed E-state index contributed by atoms with van der Waals surface area (Å²) >= 11 is 10.2. The van der Waals surface area contributed by atoms with Gasteiger partial charge in [-0.2, -0.15) is 25.3 Å². The number of thiol groups is 2. The molecule has 0 aromatic carbocycles. The van der Waals surface area contributed by atoms with Crippen molar-refractivity contribution in [2.75, 3.05) is 0 Å². The van der Waals surface area contributed by atoms with Gasteiger partial charge in [0.25, 0.3) is 0 Å². The molecule has 8 aliphatic rings. The number of hydrogen-bond donors (Lipinski definition) is 5. The van der Waals surface area contributed by atoms with Gasteiger partial charge in [-0.05, 0) is 99.0 Å². The van der Waals surface area contributed by atoms with E-state index in [0.29, 0.717) is 5.96 Å². The molecule has 0 heterocycles. The van der Waals surface area contributed by atoms with Crippen LogP contribution < -0.4 is 10.6 Å². The number of nitrogens with one attached hydrogen (secondary N) is 3. The highest BCUT2D eigenvalue weighted by Gasteiger charge is 2.61. The summed E-state index contributed by atoms with van der Waals surface area (Å²) in [4.78, 5) is 0. The maximum Gasteiger partial charge on any atom is 0.189 e. The minimum absolute atomic E-state index is 0.0309.